The van der Waals surface area contributed by atoms with Crippen LogP contribution in [0.5, 0.6) is 0 Å². The molecule has 90 valence electrons. The van der Waals surface area contributed by atoms with Crippen LogP contribution in [0.25, 0.3) is 11.0 Å². The van der Waals surface area contributed by atoms with E-state index in [9.17, 15) is 0 Å². The Balaban J connectivity index is 1.98. The van der Waals surface area contributed by atoms with E-state index in [1.54, 1.807) is 0 Å². The van der Waals surface area contributed by atoms with Crippen molar-refractivity contribution in [1.82, 2.24) is 0 Å². The Morgan fingerprint density at radius 1 is 1.06 bits per heavy atom. The number of fused-ring (bicyclic) bond motifs is 1. The van der Waals surface area contributed by atoms with Gasteiger partial charge in [0.15, 0.2) is 0 Å². The summed E-state index contributed by atoms with van der Waals surface area (Å²) in [4.78, 5) is 0. The molecule has 0 aliphatic rings. The standard InChI is InChI=1S/C15H10BrClO/c16-12-5-6-14(17)11(7-12)9-13-8-10-3-1-2-4-15(10)18-13/h1-8H,9H2. The van der Waals surface area contributed by atoms with Crippen LogP contribution in [0.1, 0.15) is 11.3 Å². The molecule has 0 fully saturated rings. The van der Waals surface area contributed by atoms with Gasteiger partial charge in [-0.1, -0.05) is 45.7 Å². The molecule has 1 aromatic heterocycles. The van der Waals surface area contributed by atoms with E-state index in [0.29, 0.717) is 6.42 Å². The molecule has 3 rings (SSSR count). The highest BCUT2D eigenvalue weighted by Crippen LogP contribution is 2.26. The lowest BCUT2D eigenvalue weighted by molar-refractivity contribution is 0.563. The van der Waals surface area contributed by atoms with Crippen LogP contribution in [0.2, 0.25) is 5.02 Å². The quantitative estimate of drug-likeness (QED) is 0.612. The van der Waals surface area contributed by atoms with E-state index in [1.807, 2.05) is 42.5 Å². The minimum absolute atomic E-state index is 0.701. The first-order chi connectivity index (χ1) is 8.72. The second-order valence-corrected chi connectivity index (χ2v) is 5.49. The van der Waals surface area contributed by atoms with Crippen molar-refractivity contribution in [3.05, 3.63) is 69.3 Å². The van der Waals surface area contributed by atoms with Gasteiger partial charge in [-0.15, -0.1) is 0 Å². The number of hydrogen-bond donors (Lipinski definition) is 0. The molecule has 2 aromatic carbocycles. The van der Waals surface area contributed by atoms with Gasteiger partial charge in [0.25, 0.3) is 0 Å². The lowest BCUT2D eigenvalue weighted by atomic mass is 10.1. The molecule has 0 aliphatic heterocycles. The molecule has 0 atom stereocenters. The fraction of sp³-hybridized carbons (Fsp3) is 0.0667. The molecule has 0 spiro atoms. The largest absolute Gasteiger partial charge is 0.461 e. The monoisotopic (exact) mass is 320 g/mol. The van der Waals surface area contributed by atoms with Crippen LogP contribution < -0.4 is 0 Å². The van der Waals surface area contributed by atoms with Crippen LogP contribution in [0, 0.1) is 0 Å². The second kappa shape index (κ2) is 4.79. The lowest BCUT2D eigenvalue weighted by Gasteiger charge is -2.02. The van der Waals surface area contributed by atoms with Gasteiger partial charge in [0, 0.05) is 21.3 Å². The normalized spacial score (nSPS) is 11.0. The minimum Gasteiger partial charge on any atom is -0.461 e. The van der Waals surface area contributed by atoms with Crippen LogP contribution in [0.3, 0.4) is 0 Å². The van der Waals surface area contributed by atoms with Gasteiger partial charge in [-0.05, 0) is 35.9 Å². The number of hydrogen-bond acceptors (Lipinski definition) is 1. The second-order valence-electron chi connectivity index (χ2n) is 4.16. The van der Waals surface area contributed by atoms with Crippen molar-refractivity contribution < 1.29 is 4.42 Å². The fourth-order valence-corrected chi connectivity index (χ4v) is 2.58. The molecule has 0 amide bonds. The van der Waals surface area contributed by atoms with E-state index in [0.717, 1.165) is 31.8 Å². The smallest absolute Gasteiger partial charge is 0.134 e. The summed E-state index contributed by atoms with van der Waals surface area (Å²) in [6.45, 7) is 0. The third-order valence-corrected chi connectivity index (χ3v) is 3.71. The van der Waals surface area contributed by atoms with E-state index in [1.165, 1.54) is 0 Å². The van der Waals surface area contributed by atoms with E-state index in [-0.39, 0.29) is 0 Å². The Kier molecular flexibility index (Phi) is 3.14. The summed E-state index contributed by atoms with van der Waals surface area (Å²) >= 11 is 9.64. The van der Waals surface area contributed by atoms with Crippen LogP contribution >= 0.6 is 27.5 Å². The van der Waals surface area contributed by atoms with Crippen molar-refractivity contribution in [2.75, 3.05) is 0 Å². The van der Waals surface area contributed by atoms with E-state index in [4.69, 9.17) is 16.0 Å². The van der Waals surface area contributed by atoms with E-state index >= 15 is 0 Å². The molecular formula is C15H10BrClO. The number of furan rings is 1. The maximum Gasteiger partial charge on any atom is 0.134 e. The zero-order valence-electron chi connectivity index (χ0n) is 9.49. The summed E-state index contributed by atoms with van der Waals surface area (Å²) in [5.74, 6) is 0.927. The van der Waals surface area contributed by atoms with Gasteiger partial charge in [0.1, 0.15) is 11.3 Å². The highest BCUT2D eigenvalue weighted by Gasteiger charge is 2.07. The molecule has 1 heterocycles. The third-order valence-electron chi connectivity index (χ3n) is 2.85. The van der Waals surface area contributed by atoms with Crippen molar-refractivity contribution in [3.8, 4) is 0 Å². The van der Waals surface area contributed by atoms with Gasteiger partial charge < -0.3 is 4.42 Å². The van der Waals surface area contributed by atoms with Crippen molar-refractivity contribution in [2.45, 2.75) is 6.42 Å². The Hall–Kier alpha value is -1.25. The summed E-state index contributed by atoms with van der Waals surface area (Å²) in [7, 11) is 0. The Morgan fingerprint density at radius 2 is 1.89 bits per heavy atom. The zero-order valence-corrected chi connectivity index (χ0v) is 11.8. The highest BCUT2D eigenvalue weighted by molar-refractivity contribution is 9.10. The first-order valence-electron chi connectivity index (χ1n) is 5.64. The molecule has 18 heavy (non-hydrogen) atoms. The SMILES string of the molecule is Clc1ccc(Br)cc1Cc1cc2ccccc2o1. The average molecular weight is 322 g/mol. The maximum atomic E-state index is 6.18. The molecular weight excluding hydrogens is 312 g/mol. The predicted octanol–water partition coefficient (Wildman–Crippen LogP) is 5.44. The van der Waals surface area contributed by atoms with Crippen molar-refractivity contribution >= 4 is 38.5 Å². The number of halogens is 2. The third kappa shape index (κ3) is 2.31. The Labute approximate surface area is 119 Å². The molecule has 0 saturated heterocycles. The fourth-order valence-electron chi connectivity index (χ4n) is 1.99. The molecule has 0 radical (unpaired) electrons. The van der Waals surface area contributed by atoms with Crippen molar-refractivity contribution in [3.63, 3.8) is 0 Å². The molecule has 0 unspecified atom stereocenters. The van der Waals surface area contributed by atoms with Gasteiger partial charge in [0.05, 0.1) is 0 Å². The first-order valence-corrected chi connectivity index (χ1v) is 6.81. The molecule has 1 nitrogen and oxygen atoms in total. The number of benzene rings is 2. The van der Waals surface area contributed by atoms with Crippen LogP contribution in [0.4, 0.5) is 0 Å². The molecule has 0 saturated carbocycles. The van der Waals surface area contributed by atoms with Crippen molar-refractivity contribution in [2.24, 2.45) is 0 Å². The van der Waals surface area contributed by atoms with Gasteiger partial charge in [-0.25, -0.2) is 0 Å². The molecule has 0 N–H and O–H groups in total. The van der Waals surface area contributed by atoms with Crippen molar-refractivity contribution in [1.29, 1.82) is 0 Å². The summed E-state index contributed by atoms with van der Waals surface area (Å²) in [6.07, 6.45) is 0.701. The highest BCUT2D eigenvalue weighted by atomic mass is 79.9. The van der Waals surface area contributed by atoms with Gasteiger partial charge >= 0.3 is 0 Å². The van der Waals surface area contributed by atoms with Crippen LogP contribution in [0.15, 0.2) is 57.4 Å². The molecule has 0 aliphatic carbocycles. The topological polar surface area (TPSA) is 13.1 Å². The summed E-state index contributed by atoms with van der Waals surface area (Å²) in [6, 6.07) is 15.9. The van der Waals surface area contributed by atoms with Crippen LogP contribution in [-0.4, -0.2) is 0 Å². The molecule has 0 bridgehead atoms. The molecule has 3 aromatic rings. The average Bonchev–Trinajstić information content (AvgIpc) is 2.76. The summed E-state index contributed by atoms with van der Waals surface area (Å²) < 4.78 is 6.82. The van der Waals surface area contributed by atoms with Gasteiger partial charge in [-0.3, -0.25) is 0 Å². The number of rotatable bonds is 2. The predicted molar refractivity (Wildman–Crippen MR) is 78.2 cm³/mol. The Bertz CT molecular complexity index is 670. The Morgan fingerprint density at radius 3 is 2.72 bits per heavy atom. The van der Waals surface area contributed by atoms with E-state index in [2.05, 4.69) is 22.0 Å². The van der Waals surface area contributed by atoms with Crippen LogP contribution in [-0.2, 0) is 6.42 Å². The van der Waals surface area contributed by atoms with Gasteiger partial charge in [-0.2, -0.15) is 0 Å². The first kappa shape index (κ1) is 11.8. The van der Waals surface area contributed by atoms with Gasteiger partial charge in [0.2, 0.25) is 0 Å². The minimum atomic E-state index is 0.701. The number of para-hydroxylation sites is 1. The zero-order chi connectivity index (χ0) is 12.5. The summed E-state index contributed by atoms with van der Waals surface area (Å²) in [5.41, 5.74) is 1.98. The lowest BCUT2D eigenvalue weighted by Crippen LogP contribution is -1.87. The summed E-state index contributed by atoms with van der Waals surface area (Å²) in [5, 5.41) is 1.89. The maximum absolute atomic E-state index is 6.18. The molecule has 3 heteroatoms. The van der Waals surface area contributed by atoms with E-state index < -0.39 is 0 Å².